The Labute approximate surface area is 96.1 Å². The lowest BCUT2D eigenvalue weighted by atomic mass is 10.1. The smallest absolute Gasteiger partial charge is 0.0635 e. The van der Waals surface area contributed by atoms with Crippen molar-refractivity contribution in [2.45, 2.75) is 19.9 Å². The molecular weight excluding hydrogens is 208 g/mol. The summed E-state index contributed by atoms with van der Waals surface area (Å²) in [5.41, 5.74) is 2.33. The van der Waals surface area contributed by atoms with Crippen molar-refractivity contribution in [2.24, 2.45) is 0 Å². The van der Waals surface area contributed by atoms with Crippen molar-refractivity contribution in [1.29, 1.82) is 5.26 Å². The van der Waals surface area contributed by atoms with Gasteiger partial charge in [0.15, 0.2) is 0 Å². The van der Waals surface area contributed by atoms with Crippen molar-refractivity contribution in [3.05, 3.63) is 34.3 Å². The molecule has 0 fully saturated rings. The van der Waals surface area contributed by atoms with E-state index in [1.165, 1.54) is 5.56 Å². The Morgan fingerprint density at radius 2 is 2.20 bits per heavy atom. The standard InChI is InChI=1S/C12H15ClN2/c1-10-8-11(4-5-12(10)13)9-15(2)7-3-6-14/h4-5,8H,3,7,9H2,1-2H3. The van der Waals surface area contributed by atoms with Crippen LogP contribution in [-0.4, -0.2) is 18.5 Å². The van der Waals surface area contributed by atoms with Crippen molar-refractivity contribution in [2.75, 3.05) is 13.6 Å². The maximum absolute atomic E-state index is 8.47. The third kappa shape index (κ3) is 3.91. The summed E-state index contributed by atoms with van der Waals surface area (Å²) in [5, 5.41) is 9.27. The molecule has 2 nitrogen and oxygen atoms in total. The second-order valence-corrected chi connectivity index (χ2v) is 4.14. The summed E-state index contributed by atoms with van der Waals surface area (Å²) in [6.45, 7) is 3.67. The van der Waals surface area contributed by atoms with Crippen LogP contribution in [0.15, 0.2) is 18.2 Å². The topological polar surface area (TPSA) is 27.0 Å². The van der Waals surface area contributed by atoms with E-state index in [9.17, 15) is 0 Å². The van der Waals surface area contributed by atoms with Crippen molar-refractivity contribution in [3.8, 4) is 6.07 Å². The maximum atomic E-state index is 8.47. The Balaban J connectivity index is 2.57. The fraction of sp³-hybridized carbons (Fsp3) is 0.417. The van der Waals surface area contributed by atoms with Crippen LogP contribution in [0.2, 0.25) is 5.02 Å². The molecule has 0 aliphatic carbocycles. The second kappa shape index (κ2) is 5.75. The molecule has 80 valence electrons. The van der Waals surface area contributed by atoms with Gasteiger partial charge in [0, 0.05) is 24.5 Å². The highest BCUT2D eigenvalue weighted by atomic mass is 35.5. The summed E-state index contributed by atoms with van der Waals surface area (Å²) in [6, 6.07) is 8.18. The van der Waals surface area contributed by atoms with Gasteiger partial charge in [-0.1, -0.05) is 23.7 Å². The summed E-state index contributed by atoms with van der Waals surface area (Å²) in [4.78, 5) is 2.13. The maximum Gasteiger partial charge on any atom is 0.0635 e. The summed E-state index contributed by atoms with van der Waals surface area (Å²) >= 11 is 5.94. The molecule has 0 radical (unpaired) electrons. The Kier molecular flexibility index (Phi) is 4.61. The molecule has 0 bridgehead atoms. The van der Waals surface area contributed by atoms with Crippen molar-refractivity contribution < 1.29 is 0 Å². The predicted molar refractivity (Wildman–Crippen MR) is 62.8 cm³/mol. The first-order chi connectivity index (χ1) is 7.13. The van der Waals surface area contributed by atoms with Crippen molar-refractivity contribution in [3.63, 3.8) is 0 Å². The van der Waals surface area contributed by atoms with Crippen LogP contribution in [0.5, 0.6) is 0 Å². The zero-order valence-electron chi connectivity index (χ0n) is 9.13. The van der Waals surface area contributed by atoms with Crippen molar-refractivity contribution >= 4 is 11.6 Å². The van der Waals surface area contributed by atoms with E-state index in [0.717, 1.165) is 23.7 Å². The molecule has 0 atom stereocenters. The van der Waals surface area contributed by atoms with Gasteiger partial charge in [-0.2, -0.15) is 5.26 Å². The third-order valence-corrected chi connectivity index (χ3v) is 2.70. The molecule has 3 heteroatoms. The van der Waals surface area contributed by atoms with Crippen LogP contribution in [0, 0.1) is 18.3 Å². The van der Waals surface area contributed by atoms with Gasteiger partial charge in [0.2, 0.25) is 0 Å². The lowest BCUT2D eigenvalue weighted by Gasteiger charge is -2.15. The lowest BCUT2D eigenvalue weighted by Crippen LogP contribution is -2.18. The van der Waals surface area contributed by atoms with Gasteiger partial charge in [-0.05, 0) is 31.2 Å². The number of nitriles is 1. The molecule has 0 aliphatic rings. The minimum Gasteiger partial charge on any atom is -0.301 e. The van der Waals surface area contributed by atoms with E-state index in [0.29, 0.717) is 6.42 Å². The number of hydrogen-bond acceptors (Lipinski definition) is 2. The Morgan fingerprint density at radius 3 is 2.80 bits per heavy atom. The minimum absolute atomic E-state index is 0.572. The van der Waals surface area contributed by atoms with Crippen LogP contribution in [0.3, 0.4) is 0 Å². The average Bonchev–Trinajstić information content (AvgIpc) is 2.20. The van der Waals surface area contributed by atoms with Gasteiger partial charge in [0.05, 0.1) is 6.07 Å². The van der Waals surface area contributed by atoms with Gasteiger partial charge in [-0.15, -0.1) is 0 Å². The number of rotatable bonds is 4. The molecule has 0 saturated heterocycles. The highest BCUT2D eigenvalue weighted by Crippen LogP contribution is 2.17. The Morgan fingerprint density at radius 1 is 1.47 bits per heavy atom. The van der Waals surface area contributed by atoms with Gasteiger partial charge >= 0.3 is 0 Å². The first kappa shape index (κ1) is 12.0. The molecule has 0 aliphatic heterocycles. The third-order valence-electron chi connectivity index (χ3n) is 2.28. The fourth-order valence-corrected chi connectivity index (χ4v) is 1.55. The minimum atomic E-state index is 0.572. The summed E-state index contributed by atoms with van der Waals surface area (Å²) in [5.74, 6) is 0. The molecule has 0 N–H and O–H groups in total. The van der Waals surface area contributed by atoms with Crippen LogP contribution in [0.25, 0.3) is 0 Å². The van der Waals surface area contributed by atoms with Crippen LogP contribution in [-0.2, 0) is 6.54 Å². The van der Waals surface area contributed by atoms with Crippen LogP contribution in [0.4, 0.5) is 0 Å². The number of halogens is 1. The molecule has 0 spiro atoms. The van der Waals surface area contributed by atoms with Gasteiger partial charge in [0.1, 0.15) is 0 Å². The SMILES string of the molecule is Cc1cc(CN(C)CCC#N)ccc1Cl. The molecule has 0 unspecified atom stereocenters. The molecular formula is C12H15ClN2. The van der Waals surface area contributed by atoms with Gasteiger partial charge in [0.25, 0.3) is 0 Å². The number of hydrogen-bond donors (Lipinski definition) is 0. The lowest BCUT2D eigenvalue weighted by molar-refractivity contribution is 0.335. The first-order valence-corrected chi connectivity index (χ1v) is 5.32. The predicted octanol–water partition coefficient (Wildman–Crippen LogP) is 2.99. The van der Waals surface area contributed by atoms with E-state index < -0.39 is 0 Å². The van der Waals surface area contributed by atoms with Gasteiger partial charge in [-0.25, -0.2) is 0 Å². The van der Waals surface area contributed by atoms with E-state index in [1.54, 1.807) is 0 Å². The summed E-state index contributed by atoms with van der Waals surface area (Å²) in [6.07, 6.45) is 0.572. The summed E-state index contributed by atoms with van der Waals surface area (Å²) < 4.78 is 0. The van der Waals surface area contributed by atoms with Crippen LogP contribution in [0.1, 0.15) is 17.5 Å². The summed E-state index contributed by atoms with van der Waals surface area (Å²) in [7, 11) is 2.02. The normalized spacial score (nSPS) is 10.3. The van der Waals surface area contributed by atoms with E-state index in [4.69, 9.17) is 16.9 Å². The quantitative estimate of drug-likeness (QED) is 0.783. The largest absolute Gasteiger partial charge is 0.301 e. The van der Waals surface area contributed by atoms with E-state index in [1.807, 2.05) is 26.1 Å². The number of benzene rings is 1. The van der Waals surface area contributed by atoms with E-state index in [-0.39, 0.29) is 0 Å². The van der Waals surface area contributed by atoms with E-state index >= 15 is 0 Å². The zero-order chi connectivity index (χ0) is 11.3. The highest BCUT2D eigenvalue weighted by Gasteiger charge is 2.01. The zero-order valence-corrected chi connectivity index (χ0v) is 9.88. The molecule has 15 heavy (non-hydrogen) atoms. The van der Waals surface area contributed by atoms with Crippen LogP contribution >= 0.6 is 11.6 Å². The molecule has 1 aromatic carbocycles. The van der Waals surface area contributed by atoms with Crippen molar-refractivity contribution in [1.82, 2.24) is 4.90 Å². The first-order valence-electron chi connectivity index (χ1n) is 4.94. The molecule has 1 aromatic rings. The van der Waals surface area contributed by atoms with E-state index in [2.05, 4.69) is 17.0 Å². The molecule has 0 saturated carbocycles. The fourth-order valence-electron chi connectivity index (χ4n) is 1.44. The molecule has 0 amide bonds. The molecule has 1 rings (SSSR count). The average molecular weight is 223 g/mol. The molecule has 0 aromatic heterocycles. The number of nitrogens with zero attached hydrogens (tertiary/aromatic N) is 2. The Hall–Kier alpha value is -1.04. The number of aryl methyl sites for hydroxylation is 1. The van der Waals surface area contributed by atoms with Crippen LogP contribution < -0.4 is 0 Å². The van der Waals surface area contributed by atoms with Gasteiger partial charge in [-0.3, -0.25) is 0 Å². The molecule has 0 heterocycles. The highest BCUT2D eigenvalue weighted by molar-refractivity contribution is 6.31. The Bertz CT molecular complexity index is 368. The monoisotopic (exact) mass is 222 g/mol. The van der Waals surface area contributed by atoms with Gasteiger partial charge < -0.3 is 4.90 Å². The second-order valence-electron chi connectivity index (χ2n) is 3.73.